The van der Waals surface area contributed by atoms with Crippen LogP contribution in [0.4, 0.5) is 5.13 Å². The van der Waals surface area contributed by atoms with Crippen LogP contribution in [0.5, 0.6) is 0 Å². The molecule has 1 aromatic heterocycles. The summed E-state index contributed by atoms with van der Waals surface area (Å²) in [5.74, 6) is -0.571. The number of ether oxygens (including phenoxy) is 1. The number of rotatable bonds is 6. The molecule has 0 saturated heterocycles. The summed E-state index contributed by atoms with van der Waals surface area (Å²) in [6.07, 6.45) is 0. The van der Waals surface area contributed by atoms with Gasteiger partial charge in [0, 0.05) is 15.7 Å². The lowest BCUT2D eigenvalue weighted by atomic mass is 10.2. The topological polar surface area (TPSA) is 68.3 Å². The fourth-order valence-corrected chi connectivity index (χ4v) is 4.18. The van der Waals surface area contributed by atoms with Crippen molar-refractivity contribution >= 4 is 50.3 Å². The summed E-state index contributed by atoms with van der Waals surface area (Å²) < 4.78 is 5.83. The summed E-state index contributed by atoms with van der Waals surface area (Å²) in [6, 6.07) is 12.7. The van der Waals surface area contributed by atoms with Gasteiger partial charge in [-0.3, -0.25) is 10.1 Å². The maximum atomic E-state index is 12.5. The van der Waals surface area contributed by atoms with Crippen molar-refractivity contribution in [1.29, 1.82) is 0 Å². The molecule has 0 radical (unpaired) electrons. The van der Waals surface area contributed by atoms with E-state index in [1.54, 1.807) is 36.9 Å². The van der Waals surface area contributed by atoms with E-state index in [1.807, 2.05) is 24.3 Å². The van der Waals surface area contributed by atoms with Gasteiger partial charge in [0.2, 0.25) is 0 Å². The van der Waals surface area contributed by atoms with Gasteiger partial charge in [-0.2, -0.15) is 0 Å². The summed E-state index contributed by atoms with van der Waals surface area (Å²) in [5, 5.41) is 3.82. The molecule has 3 aromatic rings. The zero-order chi connectivity index (χ0) is 19.4. The molecule has 5 nitrogen and oxygen atoms in total. The molecule has 0 aliphatic heterocycles. The highest BCUT2D eigenvalue weighted by atomic mass is 32.2. The highest BCUT2D eigenvalue weighted by molar-refractivity contribution is 7.99. The van der Waals surface area contributed by atoms with Crippen LogP contribution in [-0.4, -0.2) is 28.7 Å². The summed E-state index contributed by atoms with van der Waals surface area (Å²) >= 11 is 3.08. The molecular formula is C20H20N2O3S2. The van der Waals surface area contributed by atoms with Gasteiger partial charge in [-0.25, -0.2) is 9.78 Å². The van der Waals surface area contributed by atoms with Gasteiger partial charge in [0.05, 0.1) is 22.4 Å². The number of esters is 1. The molecule has 0 spiro atoms. The highest BCUT2D eigenvalue weighted by Crippen LogP contribution is 2.28. The van der Waals surface area contributed by atoms with Crippen LogP contribution in [0.25, 0.3) is 10.2 Å². The van der Waals surface area contributed by atoms with Gasteiger partial charge in [-0.05, 0) is 49.4 Å². The minimum atomic E-state index is -0.363. The number of nitrogens with one attached hydrogen (secondary N) is 1. The SMILES string of the molecule is CCOC(=O)c1ccc2nc(NC(=O)c3ccc(SC(C)C)cc3)sc2c1. The Balaban J connectivity index is 1.73. The Hall–Kier alpha value is -2.38. The molecule has 0 unspecified atom stereocenters. The second kappa shape index (κ2) is 8.54. The van der Waals surface area contributed by atoms with E-state index >= 15 is 0 Å². The maximum Gasteiger partial charge on any atom is 0.338 e. The monoisotopic (exact) mass is 400 g/mol. The number of aromatic nitrogens is 1. The van der Waals surface area contributed by atoms with Crippen molar-refractivity contribution < 1.29 is 14.3 Å². The number of carbonyl (C=O) groups is 2. The van der Waals surface area contributed by atoms with Gasteiger partial charge >= 0.3 is 5.97 Å². The fourth-order valence-electron chi connectivity index (χ4n) is 2.45. The summed E-state index contributed by atoms with van der Waals surface area (Å²) in [6.45, 7) is 6.36. The molecule has 1 amide bonds. The Morgan fingerprint density at radius 2 is 1.85 bits per heavy atom. The lowest BCUT2D eigenvalue weighted by Crippen LogP contribution is -2.11. The first kappa shape index (κ1) is 19.4. The van der Waals surface area contributed by atoms with Crippen molar-refractivity contribution in [3.05, 3.63) is 53.6 Å². The van der Waals surface area contributed by atoms with E-state index in [0.29, 0.717) is 28.1 Å². The molecule has 2 aromatic carbocycles. The number of anilines is 1. The van der Waals surface area contributed by atoms with Crippen molar-refractivity contribution in [2.75, 3.05) is 11.9 Å². The van der Waals surface area contributed by atoms with Gasteiger partial charge in [-0.1, -0.05) is 25.2 Å². The summed E-state index contributed by atoms with van der Waals surface area (Å²) in [5.41, 5.74) is 1.78. The zero-order valence-electron chi connectivity index (χ0n) is 15.3. The number of benzene rings is 2. The van der Waals surface area contributed by atoms with Crippen LogP contribution < -0.4 is 5.32 Å². The minimum absolute atomic E-state index is 0.208. The molecule has 3 rings (SSSR count). The predicted octanol–water partition coefficient (Wildman–Crippen LogP) is 5.23. The van der Waals surface area contributed by atoms with E-state index in [9.17, 15) is 9.59 Å². The van der Waals surface area contributed by atoms with Gasteiger partial charge in [0.15, 0.2) is 5.13 Å². The Bertz CT molecular complexity index is 965. The van der Waals surface area contributed by atoms with Gasteiger partial charge in [-0.15, -0.1) is 11.8 Å². The molecule has 7 heteroatoms. The van der Waals surface area contributed by atoms with Crippen LogP contribution in [0.2, 0.25) is 0 Å². The van der Waals surface area contributed by atoms with Crippen LogP contribution in [-0.2, 0) is 4.74 Å². The minimum Gasteiger partial charge on any atom is -0.462 e. The fraction of sp³-hybridized carbons (Fsp3) is 0.250. The van der Waals surface area contributed by atoms with Crippen LogP contribution in [0.3, 0.4) is 0 Å². The molecule has 1 N–H and O–H groups in total. The lowest BCUT2D eigenvalue weighted by molar-refractivity contribution is 0.0526. The van der Waals surface area contributed by atoms with E-state index in [-0.39, 0.29) is 11.9 Å². The summed E-state index contributed by atoms with van der Waals surface area (Å²) in [4.78, 5) is 29.8. The number of thiazole rings is 1. The van der Waals surface area contributed by atoms with Gasteiger partial charge in [0.25, 0.3) is 5.91 Å². The third-order valence-corrected chi connectivity index (χ3v) is 5.56. The van der Waals surface area contributed by atoms with E-state index in [4.69, 9.17) is 4.74 Å². The molecule has 0 atom stereocenters. The molecular weight excluding hydrogens is 380 g/mol. The number of carbonyl (C=O) groups excluding carboxylic acids is 2. The highest BCUT2D eigenvalue weighted by Gasteiger charge is 2.13. The third-order valence-electron chi connectivity index (χ3n) is 3.61. The first-order chi connectivity index (χ1) is 13.0. The molecule has 1 heterocycles. The average molecular weight is 401 g/mol. The second-order valence-corrected chi connectivity index (χ2v) is 8.75. The van der Waals surface area contributed by atoms with E-state index in [2.05, 4.69) is 24.1 Å². The molecule has 0 fully saturated rings. The Morgan fingerprint density at radius 1 is 1.15 bits per heavy atom. The Kier molecular flexibility index (Phi) is 6.13. The van der Waals surface area contributed by atoms with Crippen molar-refractivity contribution in [3.63, 3.8) is 0 Å². The molecule has 0 aliphatic rings. The first-order valence-electron chi connectivity index (χ1n) is 8.62. The van der Waals surface area contributed by atoms with E-state index in [1.165, 1.54) is 11.3 Å². The molecule has 27 heavy (non-hydrogen) atoms. The standard InChI is InChI=1S/C20H20N2O3S2/c1-4-25-19(24)14-7-10-16-17(11-14)27-20(21-16)22-18(23)13-5-8-15(9-6-13)26-12(2)3/h5-12H,4H2,1-3H3,(H,21,22,23). The predicted molar refractivity (Wildman–Crippen MR) is 111 cm³/mol. The number of fused-ring (bicyclic) bond motifs is 1. The zero-order valence-corrected chi connectivity index (χ0v) is 16.9. The van der Waals surface area contributed by atoms with Crippen LogP contribution in [0, 0.1) is 0 Å². The average Bonchev–Trinajstić information content (AvgIpc) is 3.03. The normalized spacial score (nSPS) is 11.0. The third kappa shape index (κ3) is 4.87. The first-order valence-corrected chi connectivity index (χ1v) is 10.3. The number of thioether (sulfide) groups is 1. The number of nitrogens with zero attached hydrogens (tertiary/aromatic N) is 1. The lowest BCUT2D eigenvalue weighted by Gasteiger charge is -2.06. The van der Waals surface area contributed by atoms with Gasteiger partial charge < -0.3 is 4.74 Å². The van der Waals surface area contributed by atoms with Crippen LogP contribution in [0.15, 0.2) is 47.4 Å². The molecule has 0 aliphatic carbocycles. The van der Waals surface area contributed by atoms with Crippen molar-refractivity contribution in [1.82, 2.24) is 4.98 Å². The molecule has 140 valence electrons. The Labute approximate surface area is 166 Å². The second-order valence-electron chi connectivity index (χ2n) is 6.07. The molecule has 0 saturated carbocycles. The van der Waals surface area contributed by atoms with Gasteiger partial charge in [0.1, 0.15) is 0 Å². The van der Waals surface area contributed by atoms with Crippen LogP contribution >= 0.6 is 23.1 Å². The smallest absolute Gasteiger partial charge is 0.338 e. The van der Waals surface area contributed by atoms with E-state index < -0.39 is 0 Å². The number of amides is 1. The van der Waals surface area contributed by atoms with Crippen molar-refractivity contribution in [2.45, 2.75) is 30.9 Å². The van der Waals surface area contributed by atoms with Crippen molar-refractivity contribution in [3.8, 4) is 0 Å². The summed E-state index contributed by atoms with van der Waals surface area (Å²) in [7, 11) is 0. The van der Waals surface area contributed by atoms with Crippen molar-refractivity contribution in [2.24, 2.45) is 0 Å². The maximum absolute atomic E-state index is 12.5. The van der Waals surface area contributed by atoms with E-state index in [0.717, 1.165) is 15.1 Å². The number of hydrogen-bond acceptors (Lipinski definition) is 6. The Morgan fingerprint density at radius 3 is 2.52 bits per heavy atom. The largest absolute Gasteiger partial charge is 0.462 e. The number of hydrogen-bond donors (Lipinski definition) is 1. The molecule has 0 bridgehead atoms. The quantitative estimate of drug-likeness (QED) is 0.453. The van der Waals surface area contributed by atoms with Crippen LogP contribution in [0.1, 0.15) is 41.5 Å².